The number of amidine groups is 1. The quantitative estimate of drug-likeness (QED) is 0.913. The number of benzene rings is 1. The van der Waals surface area contributed by atoms with Gasteiger partial charge in [-0.15, -0.1) is 0 Å². The SMILES string of the molecule is COc1nccnc1-c1cccc2c1CCC1(COC(N)=N1)C2. The maximum atomic E-state index is 5.71. The van der Waals surface area contributed by atoms with Crippen LogP contribution in [0.4, 0.5) is 0 Å². The first-order valence-electron chi connectivity index (χ1n) is 7.65. The average Bonchev–Trinajstić information content (AvgIpc) is 2.94. The van der Waals surface area contributed by atoms with Gasteiger partial charge in [-0.3, -0.25) is 0 Å². The van der Waals surface area contributed by atoms with Crippen LogP contribution < -0.4 is 10.5 Å². The predicted molar refractivity (Wildman–Crippen MR) is 86.4 cm³/mol. The molecule has 0 bridgehead atoms. The van der Waals surface area contributed by atoms with E-state index in [1.165, 1.54) is 11.1 Å². The van der Waals surface area contributed by atoms with E-state index in [-0.39, 0.29) is 5.54 Å². The first-order valence-corrected chi connectivity index (χ1v) is 7.65. The van der Waals surface area contributed by atoms with Gasteiger partial charge in [-0.2, -0.15) is 0 Å². The molecule has 6 heteroatoms. The highest BCUT2D eigenvalue weighted by Crippen LogP contribution is 2.39. The van der Waals surface area contributed by atoms with Crippen LogP contribution in [0.5, 0.6) is 5.88 Å². The van der Waals surface area contributed by atoms with E-state index < -0.39 is 0 Å². The Kier molecular flexibility index (Phi) is 3.18. The van der Waals surface area contributed by atoms with Crippen molar-refractivity contribution < 1.29 is 9.47 Å². The standard InChI is InChI=1S/C17H18N4O2/c1-22-15-14(19-7-8-20-15)13-4-2-3-11-9-17(6-5-12(11)13)10-23-16(18)21-17/h2-4,7-8H,5-6,9-10H2,1H3,(H2,18,21). The number of nitrogens with zero attached hydrogens (tertiary/aromatic N) is 3. The summed E-state index contributed by atoms with van der Waals surface area (Å²) < 4.78 is 10.8. The van der Waals surface area contributed by atoms with E-state index in [9.17, 15) is 0 Å². The Hall–Kier alpha value is -2.63. The van der Waals surface area contributed by atoms with Crippen molar-refractivity contribution in [2.24, 2.45) is 10.7 Å². The number of ether oxygens (including phenoxy) is 2. The molecule has 1 unspecified atom stereocenters. The topological polar surface area (TPSA) is 82.6 Å². The largest absolute Gasteiger partial charge is 0.479 e. The molecule has 1 aliphatic heterocycles. The number of hydrogen-bond acceptors (Lipinski definition) is 6. The van der Waals surface area contributed by atoms with E-state index in [1.54, 1.807) is 19.5 Å². The Morgan fingerprint density at radius 1 is 1.26 bits per heavy atom. The zero-order valence-electron chi connectivity index (χ0n) is 13.0. The van der Waals surface area contributed by atoms with Gasteiger partial charge in [0.05, 0.1) is 7.11 Å². The van der Waals surface area contributed by atoms with Gasteiger partial charge in [0.2, 0.25) is 5.88 Å². The second-order valence-electron chi connectivity index (χ2n) is 6.00. The fourth-order valence-electron chi connectivity index (χ4n) is 3.50. The smallest absolute Gasteiger partial charge is 0.282 e. The fourth-order valence-corrected chi connectivity index (χ4v) is 3.50. The van der Waals surface area contributed by atoms with Crippen molar-refractivity contribution in [3.05, 3.63) is 41.7 Å². The molecule has 0 fully saturated rings. The minimum Gasteiger partial charge on any atom is -0.479 e. The fraction of sp³-hybridized carbons (Fsp3) is 0.353. The van der Waals surface area contributed by atoms with E-state index >= 15 is 0 Å². The van der Waals surface area contributed by atoms with E-state index in [1.807, 2.05) is 6.07 Å². The summed E-state index contributed by atoms with van der Waals surface area (Å²) in [6, 6.07) is 6.57. The zero-order valence-corrected chi connectivity index (χ0v) is 13.0. The average molecular weight is 310 g/mol. The summed E-state index contributed by atoms with van der Waals surface area (Å²) in [5.41, 5.74) is 9.93. The van der Waals surface area contributed by atoms with Crippen LogP contribution in [-0.4, -0.2) is 35.2 Å². The van der Waals surface area contributed by atoms with Crippen molar-refractivity contribution in [3.8, 4) is 17.1 Å². The lowest BCUT2D eigenvalue weighted by Gasteiger charge is -2.31. The molecule has 0 amide bonds. The van der Waals surface area contributed by atoms with Crippen molar-refractivity contribution in [1.29, 1.82) is 0 Å². The van der Waals surface area contributed by atoms with Gasteiger partial charge >= 0.3 is 0 Å². The molecule has 23 heavy (non-hydrogen) atoms. The molecule has 0 saturated carbocycles. The lowest BCUT2D eigenvalue weighted by molar-refractivity contribution is 0.235. The highest BCUT2D eigenvalue weighted by molar-refractivity contribution is 5.74. The van der Waals surface area contributed by atoms with Gasteiger partial charge in [0.25, 0.3) is 6.02 Å². The molecule has 0 radical (unpaired) electrons. The molecule has 1 aromatic heterocycles. The van der Waals surface area contributed by atoms with Crippen LogP contribution in [0.3, 0.4) is 0 Å². The van der Waals surface area contributed by atoms with Crippen molar-refractivity contribution in [1.82, 2.24) is 9.97 Å². The van der Waals surface area contributed by atoms with Crippen LogP contribution in [0, 0.1) is 0 Å². The third-order valence-corrected chi connectivity index (χ3v) is 4.58. The lowest BCUT2D eigenvalue weighted by atomic mass is 9.77. The summed E-state index contributed by atoms with van der Waals surface area (Å²) in [5, 5.41) is 0. The first kappa shape index (κ1) is 14.0. The molecule has 0 saturated heterocycles. The summed E-state index contributed by atoms with van der Waals surface area (Å²) in [6.07, 6.45) is 5.99. The lowest BCUT2D eigenvalue weighted by Crippen LogP contribution is -2.35. The third-order valence-electron chi connectivity index (χ3n) is 4.58. The first-order chi connectivity index (χ1) is 11.2. The zero-order chi connectivity index (χ0) is 15.9. The summed E-state index contributed by atoms with van der Waals surface area (Å²) in [7, 11) is 1.62. The van der Waals surface area contributed by atoms with E-state index in [0.717, 1.165) is 30.5 Å². The van der Waals surface area contributed by atoms with E-state index in [4.69, 9.17) is 15.2 Å². The minimum absolute atomic E-state index is 0.206. The van der Waals surface area contributed by atoms with Crippen molar-refractivity contribution in [2.75, 3.05) is 13.7 Å². The monoisotopic (exact) mass is 310 g/mol. The highest BCUT2D eigenvalue weighted by Gasteiger charge is 2.40. The molecular weight excluding hydrogens is 292 g/mol. The van der Waals surface area contributed by atoms with Gasteiger partial charge in [0.1, 0.15) is 17.8 Å². The molecule has 2 aromatic rings. The van der Waals surface area contributed by atoms with Gasteiger partial charge in [0, 0.05) is 24.4 Å². The molecule has 1 atom stereocenters. The van der Waals surface area contributed by atoms with Gasteiger partial charge in [-0.1, -0.05) is 18.2 Å². The Bertz CT molecular complexity index is 790. The molecule has 1 spiro atoms. The third kappa shape index (κ3) is 2.30. The number of nitrogens with two attached hydrogens (primary N) is 1. The number of rotatable bonds is 2. The molecule has 2 N–H and O–H groups in total. The molecule has 118 valence electrons. The van der Waals surface area contributed by atoms with Crippen LogP contribution in [0.15, 0.2) is 35.6 Å². The van der Waals surface area contributed by atoms with E-state index in [0.29, 0.717) is 18.5 Å². The second-order valence-corrected chi connectivity index (χ2v) is 6.00. The summed E-state index contributed by atoms with van der Waals surface area (Å²) in [4.78, 5) is 13.3. The van der Waals surface area contributed by atoms with Crippen LogP contribution in [0.2, 0.25) is 0 Å². The summed E-state index contributed by atoms with van der Waals surface area (Å²) in [5.74, 6) is 0.549. The molecular formula is C17H18N4O2. The molecule has 1 aliphatic carbocycles. The van der Waals surface area contributed by atoms with Gasteiger partial charge < -0.3 is 15.2 Å². The van der Waals surface area contributed by atoms with E-state index in [2.05, 4.69) is 27.1 Å². The maximum Gasteiger partial charge on any atom is 0.282 e. The van der Waals surface area contributed by atoms with Crippen molar-refractivity contribution >= 4 is 6.02 Å². The molecule has 1 aromatic carbocycles. The number of hydrogen-bond donors (Lipinski definition) is 1. The maximum absolute atomic E-state index is 5.71. The van der Waals surface area contributed by atoms with Crippen LogP contribution in [0.1, 0.15) is 17.5 Å². The van der Waals surface area contributed by atoms with Crippen molar-refractivity contribution in [3.63, 3.8) is 0 Å². The molecule has 2 aliphatic rings. The Morgan fingerprint density at radius 2 is 2.13 bits per heavy atom. The summed E-state index contributed by atoms with van der Waals surface area (Å²) in [6.45, 7) is 0.566. The second kappa shape index (κ2) is 5.22. The summed E-state index contributed by atoms with van der Waals surface area (Å²) >= 11 is 0. The highest BCUT2D eigenvalue weighted by atomic mass is 16.5. The van der Waals surface area contributed by atoms with Crippen LogP contribution in [-0.2, 0) is 17.6 Å². The Balaban J connectivity index is 1.77. The Morgan fingerprint density at radius 3 is 2.91 bits per heavy atom. The van der Waals surface area contributed by atoms with Crippen LogP contribution in [0.25, 0.3) is 11.3 Å². The van der Waals surface area contributed by atoms with Crippen LogP contribution >= 0.6 is 0 Å². The van der Waals surface area contributed by atoms with Crippen molar-refractivity contribution in [2.45, 2.75) is 24.8 Å². The number of aliphatic imine (C=N–C) groups is 1. The van der Waals surface area contributed by atoms with Gasteiger partial charge in [-0.05, 0) is 24.0 Å². The predicted octanol–water partition coefficient (Wildman–Crippen LogP) is 1.72. The molecule has 2 heterocycles. The van der Waals surface area contributed by atoms with Gasteiger partial charge in [-0.25, -0.2) is 15.0 Å². The Labute approximate surface area is 134 Å². The number of fused-ring (bicyclic) bond motifs is 1. The molecule has 6 nitrogen and oxygen atoms in total. The minimum atomic E-state index is -0.206. The molecule has 4 rings (SSSR count). The number of aromatic nitrogens is 2. The number of methoxy groups -OCH3 is 1. The normalized spacial score (nSPS) is 22.4. The van der Waals surface area contributed by atoms with Gasteiger partial charge in [0.15, 0.2) is 0 Å².